The van der Waals surface area contributed by atoms with E-state index in [-0.39, 0.29) is 12.1 Å². The molecular weight excluding hydrogens is 352 g/mol. The van der Waals surface area contributed by atoms with Gasteiger partial charge in [0, 0.05) is 12.2 Å². The van der Waals surface area contributed by atoms with Crippen LogP contribution in [0.1, 0.15) is 42.4 Å². The molecule has 0 fully saturated rings. The van der Waals surface area contributed by atoms with Crippen molar-refractivity contribution in [1.29, 1.82) is 0 Å². The standard InChI is InChI=1S/C23H28N2O3/c1-5-13-25-22(24-19-9-7-6-8-18(19)23(25)26)17-10-11-20(21(15-17)27-4)28-14-12-16(2)3/h5-11,15-16,22,24H,1,12-14H2,2-4H3. The van der Waals surface area contributed by atoms with Crippen LogP contribution in [0, 0.1) is 5.92 Å². The first-order chi connectivity index (χ1) is 13.5. The van der Waals surface area contributed by atoms with Gasteiger partial charge in [0.15, 0.2) is 11.5 Å². The summed E-state index contributed by atoms with van der Waals surface area (Å²) in [6.07, 6.45) is 2.41. The van der Waals surface area contributed by atoms with E-state index in [1.54, 1.807) is 18.1 Å². The number of carbonyl (C=O) groups excluding carboxylic acids is 1. The van der Waals surface area contributed by atoms with Gasteiger partial charge in [-0.2, -0.15) is 0 Å². The second kappa shape index (κ2) is 8.83. The normalized spacial score (nSPS) is 15.8. The van der Waals surface area contributed by atoms with Crippen molar-refractivity contribution in [2.45, 2.75) is 26.4 Å². The Labute approximate surface area is 167 Å². The quantitative estimate of drug-likeness (QED) is 0.664. The maximum Gasteiger partial charge on any atom is 0.258 e. The summed E-state index contributed by atoms with van der Waals surface area (Å²) in [6.45, 7) is 9.23. The highest BCUT2D eigenvalue weighted by Crippen LogP contribution is 2.36. The van der Waals surface area contributed by atoms with Crippen LogP contribution in [-0.4, -0.2) is 31.1 Å². The van der Waals surface area contributed by atoms with Crippen LogP contribution in [0.4, 0.5) is 5.69 Å². The summed E-state index contributed by atoms with van der Waals surface area (Å²) in [5, 5.41) is 3.47. The molecule has 0 radical (unpaired) electrons. The first-order valence-corrected chi connectivity index (χ1v) is 9.63. The topological polar surface area (TPSA) is 50.8 Å². The molecule has 1 aliphatic heterocycles. The lowest BCUT2D eigenvalue weighted by Crippen LogP contribution is -2.42. The van der Waals surface area contributed by atoms with Gasteiger partial charge >= 0.3 is 0 Å². The number of nitrogens with zero attached hydrogens (tertiary/aromatic N) is 1. The number of benzene rings is 2. The summed E-state index contributed by atoms with van der Waals surface area (Å²) in [5.41, 5.74) is 2.42. The molecule has 148 valence electrons. The maximum atomic E-state index is 13.0. The summed E-state index contributed by atoms with van der Waals surface area (Å²) >= 11 is 0. The second-order valence-electron chi connectivity index (χ2n) is 7.28. The molecular formula is C23H28N2O3. The lowest BCUT2D eigenvalue weighted by Gasteiger charge is -2.37. The first-order valence-electron chi connectivity index (χ1n) is 9.63. The van der Waals surface area contributed by atoms with Gasteiger partial charge in [-0.05, 0) is 42.2 Å². The Morgan fingerprint density at radius 2 is 2.00 bits per heavy atom. The Morgan fingerprint density at radius 3 is 2.71 bits per heavy atom. The molecule has 0 bridgehead atoms. The predicted molar refractivity (Wildman–Crippen MR) is 112 cm³/mol. The zero-order valence-corrected chi connectivity index (χ0v) is 16.8. The minimum atomic E-state index is -0.306. The van der Waals surface area contributed by atoms with E-state index in [9.17, 15) is 4.79 Å². The Bertz CT molecular complexity index is 847. The molecule has 2 aromatic carbocycles. The van der Waals surface area contributed by atoms with Gasteiger partial charge in [-0.15, -0.1) is 6.58 Å². The van der Waals surface area contributed by atoms with Crippen molar-refractivity contribution in [2.75, 3.05) is 25.6 Å². The molecule has 3 rings (SSSR count). The van der Waals surface area contributed by atoms with Gasteiger partial charge in [0.1, 0.15) is 6.17 Å². The number of methoxy groups -OCH3 is 1. The van der Waals surface area contributed by atoms with Gasteiger partial charge in [-0.25, -0.2) is 0 Å². The van der Waals surface area contributed by atoms with E-state index in [0.29, 0.717) is 36.1 Å². The van der Waals surface area contributed by atoms with Crippen LogP contribution in [0.15, 0.2) is 55.1 Å². The van der Waals surface area contributed by atoms with Crippen molar-refractivity contribution in [3.8, 4) is 11.5 Å². The minimum Gasteiger partial charge on any atom is -0.493 e. The van der Waals surface area contributed by atoms with Gasteiger partial charge in [-0.3, -0.25) is 4.79 Å². The van der Waals surface area contributed by atoms with Gasteiger partial charge in [0.25, 0.3) is 5.91 Å². The number of carbonyl (C=O) groups is 1. The largest absolute Gasteiger partial charge is 0.493 e. The average molecular weight is 380 g/mol. The molecule has 1 amide bonds. The zero-order valence-electron chi connectivity index (χ0n) is 16.8. The van der Waals surface area contributed by atoms with Gasteiger partial charge in [0.05, 0.1) is 19.3 Å². The lowest BCUT2D eigenvalue weighted by atomic mass is 10.0. The number of hydrogen-bond acceptors (Lipinski definition) is 4. The molecule has 1 N–H and O–H groups in total. The second-order valence-corrected chi connectivity index (χ2v) is 7.28. The number of rotatable bonds is 8. The third-order valence-electron chi connectivity index (χ3n) is 4.80. The fourth-order valence-electron chi connectivity index (χ4n) is 3.26. The van der Waals surface area contributed by atoms with Crippen molar-refractivity contribution in [1.82, 2.24) is 4.90 Å². The Morgan fingerprint density at radius 1 is 1.21 bits per heavy atom. The van der Waals surface area contributed by atoms with E-state index in [2.05, 4.69) is 25.7 Å². The van der Waals surface area contributed by atoms with E-state index >= 15 is 0 Å². The Hall–Kier alpha value is -2.95. The number of para-hydroxylation sites is 1. The van der Waals surface area contributed by atoms with E-state index in [1.807, 2.05) is 42.5 Å². The zero-order chi connectivity index (χ0) is 20.1. The molecule has 1 aliphatic rings. The van der Waals surface area contributed by atoms with Crippen molar-refractivity contribution in [3.05, 3.63) is 66.2 Å². The third kappa shape index (κ3) is 4.14. The average Bonchev–Trinajstić information content (AvgIpc) is 2.70. The molecule has 0 spiro atoms. The molecule has 0 aliphatic carbocycles. The summed E-state index contributed by atoms with van der Waals surface area (Å²) in [6, 6.07) is 13.4. The minimum absolute atomic E-state index is 0.0181. The van der Waals surface area contributed by atoms with Crippen molar-refractivity contribution >= 4 is 11.6 Å². The summed E-state index contributed by atoms with van der Waals surface area (Å²) in [7, 11) is 1.63. The number of ether oxygens (including phenoxy) is 2. The van der Waals surface area contributed by atoms with E-state index in [0.717, 1.165) is 17.7 Å². The fraction of sp³-hybridized carbons (Fsp3) is 0.348. The third-order valence-corrected chi connectivity index (χ3v) is 4.80. The lowest BCUT2D eigenvalue weighted by molar-refractivity contribution is 0.0707. The van der Waals surface area contributed by atoms with Gasteiger partial charge < -0.3 is 19.7 Å². The maximum absolute atomic E-state index is 13.0. The fourth-order valence-corrected chi connectivity index (χ4v) is 3.26. The number of fused-ring (bicyclic) bond motifs is 1. The molecule has 1 heterocycles. The van der Waals surface area contributed by atoms with E-state index < -0.39 is 0 Å². The molecule has 0 saturated heterocycles. The Balaban J connectivity index is 1.90. The Kier molecular flexibility index (Phi) is 6.24. The first kappa shape index (κ1) is 19.8. The van der Waals surface area contributed by atoms with Crippen LogP contribution in [0.3, 0.4) is 0 Å². The van der Waals surface area contributed by atoms with Crippen LogP contribution in [-0.2, 0) is 0 Å². The van der Waals surface area contributed by atoms with Gasteiger partial charge in [-0.1, -0.05) is 38.1 Å². The molecule has 0 saturated carbocycles. The molecule has 5 heteroatoms. The van der Waals surface area contributed by atoms with E-state index in [1.165, 1.54) is 0 Å². The molecule has 28 heavy (non-hydrogen) atoms. The number of nitrogens with one attached hydrogen (secondary N) is 1. The summed E-state index contributed by atoms with van der Waals surface area (Å²) in [5.74, 6) is 1.93. The summed E-state index contributed by atoms with van der Waals surface area (Å²) in [4.78, 5) is 14.8. The summed E-state index contributed by atoms with van der Waals surface area (Å²) < 4.78 is 11.4. The molecule has 5 nitrogen and oxygen atoms in total. The SMILES string of the molecule is C=CCN1C(=O)c2ccccc2NC1c1ccc(OCCC(C)C)c(OC)c1. The van der Waals surface area contributed by atoms with Crippen LogP contribution in [0.25, 0.3) is 0 Å². The van der Waals surface area contributed by atoms with Crippen LogP contribution in [0.2, 0.25) is 0 Å². The number of amides is 1. The number of anilines is 1. The molecule has 1 unspecified atom stereocenters. The molecule has 0 aromatic heterocycles. The van der Waals surface area contributed by atoms with Crippen LogP contribution >= 0.6 is 0 Å². The van der Waals surface area contributed by atoms with Crippen LogP contribution in [0.5, 0.6) is 11.5 Å². The van der Waals surface area contributed by atoms with Gasteiger partial charge in [0.2, 0.25) is 0 Å². The highest BCUT2D eigenvalue weighted by atomic mass is 16.5. The molecule has 2 aromatic rings. The smallest absolute Gasteiger partial charge is 0.258 e. The van der Waals surface area contributed by atoms with E-state index in [4.69, 9.17) is 9.47 Å². The van der Waals surface area contributed by atoms with Crippen molar-refractivity contribution in [2.24, 2.45) is 5.92 Å². The van der Waals surface area contributed by atoms with Crippen molar-refractivity contribution in [3.63, 3.8) is 0 Å². The highest BCUT2D eigenvalue weighted by molar-refractivity contribution is 6.01. The predicted octanol–water partition coefficient (Wildman–Crippen LogP) is 4.87. The monoisotopic (exact) mass is 380 g/mol. The van der Waals surface area contributed by atoms with Crippen molar-refractivity contribution < 1.29 is 14.3 Å². The highest BCUT2D eigenvalue weighted by Gasteiger charge is 2.32. The van der Waals surface area contributed by atoms with Crippen LogP contribution < -0.4 is 14.8 Å². The molecule has 1 atom stereocenters. The number of hydrogen-bond donors (Lipinski definition) is 1.